The average molecular weight is 455 g/mol. The first-order valence-corrected chi connectivity index (χ1v) is 10.4. The number of aryl methyl sites for hydroxylation is 1. The van der Waals surface area contributed by atoms with Gasteiger partial charge in [0.1, 0.15) is 5.82 Å². The highest BCUT2D eigenvalue weighted by molar-refractivity contribution is 6.17. The lowest BCUT2D eigenvalue weighted by atomic mass is 9.93. The topological polar surface area (TPSA) is 87.5 Å². The minimum atomic E-state index is -0.986. The summed E-state index contributed by atoms with van der Waals surface area (Å²) in [5.74, 6) is -0.939. The van der Waals surface area contributed by atoms with Crippen molar-refractivity contribution in [2.45, 2.75) is 20.9 Å². The number of carbonyl (C=O) groups is 1. The first-order chi connectivity index (χ1) is 16.0. The minimum absolute atomic E-state index is 0. The van der Waals surface area contributed by atoms with Crippen molar-refractivity contribution in [3.8, 4) is 11.3 Å². The Hall–Kier alpha value is -4.39. The number of benzene rings is 3. The molecule has 2 heterocycles. The van der Waals surface area contributed by atoms with E-state index in [0.29, 0.717) is 29.5 Å². The monoisotopic (exact) mass is 454 g/mol. The fourth-order valence-corrected chi connectivity index (χ4v) is 3.83. The van der Waals surface area contributed by atoms with Crippen molar-refractivity contribution in [2.24, 2.45) is 4.99 Å². The van der Waals surface area contributed by atoms with Crippen LogP contribution in [0.25, 0.3) is 11.3 Å². The summed E-state index contributed by atoms with van der Waals surface area (Å²) < 4.78 is 14.6. The molecule has 7 heteroatoms. The fraction of sp³-hybridized carbons (Fsp3) is 0.111. The van der Waals surface area contributed by atoms with Crippen LogP contribution in [0.4, 0.5) is 16.0 Å². The number of nitrogens with one attached hydrogen (secondary N) is 1. The van der Waals surface area contributed by atoms with Gasteiger partial charge in [-0.2, -0.15) is 0 Å². The predicted octanol–water partition coefficient (Wildman–Crippen LogP) is 6.02. The normalized spacial score (nSPS) is 11.9. The fourth-order valence-electron chi connectivity index (χ4n) is 3.83. The van der Waals surface area contributed by atoms with Gasteiger partial charge in [-0.05, 0) is 49.4 Å². The number of rotatable bonds is 4. The second kappa shape index (κ2) is 9.23. The van der Waals surface area contributed by atoms with E-state index in [9.17, 15) is 9.18 Å². The molecule has 0 spiro atoms. The molecular formula is C27H23FN4O2. The van der Waals surface area contributed by atoms with Crippen LogP contribution in [0.1, 0.15) is 40.0 Å². The maximum absolute atomic E-state index is 14.6. The molecule has 4 aromatic rings. The number of carboxylic acid groups (broad SMARTS) is 1. The molecule has 1 aromatic heterocycles. The molecule has 0 amide bonds. The van der Waals surface area contributed by atoms with E-state index in [1.54, 1.807) is 36.5 Å². The van der Waals surface area contributed by atoms with Crippen molar-refractivity contribution in [3.05, 3.63) is 107 Å². The molecular weight excluding hydrogens is 431 g/mol. The molecule has 34 heavy (non-hydrogen) atoms. The quantitative estimate of drug-likeness (QED) is 0.394. The Morgan fingerprint density at radius 3 is 2.50 bits per heavy atom. The van der Waals surface area contributed by atoms with Gasteiger partial charge in [0.25, 0.3) is 0 Å². The summed E-state index contributed by atoms with van der Waals surface area (Å²) in [5, 5.41) is 12.2. The van der Waals surface area contributed by atoms with Crippen LogP contribution in [-0.2, 0) is 6.54 Å². The molecule has 0 saturated heterocycles. The van der Waals surface area contributed by atoms with Gasteiger partial charge in [-0.1, -0.05) is 37.3 Å². The Morgan fingerprint density at radius 1 is 1.00 bits per heavy atom. The molecule has 0 radical (unpaired) electrons. The molecule has 0 atom stereocenters. The predicted molar refractivity (Wildman–Crippen MR) is 131 cm³/mol. The molecule has 1 aliphatic rings. The van der Waals surface area contributed by atoms with Crippen LogP contribution < -0.4 is 5.32 Å². The summed E-state index contributed by atoms with van der Waals surface area (Å²) in [6.45, 7) is 2.31. The number of hydrogen-bond donors (Lipinski definition) is 2. The molecule has 0 bridgehead atoms. The van der Waals surface area contributed by atoms with Crippen LogP contribution in [0.2, 0.25) is 0 Å². The molecule has 2 N–H and O–H groups in total. The van der Waals surface area contributed by atoms with E-state index in [-0.39, 0.29) is 18.8 Å². The maximum Gasteiger partial charge on any atom is 0.335 e. The van der Waals surface area contributed by atoms with Crippen LogP contribution in [0.15, 0.2) is 77.9 Å². The number of aromatic carboxylic acids is 1. The number of fused-ring (bicyclic) bond motifs is 3. The summed E-state index contributed by atoms with van der Waals surface area (Å²) in [7, 11) is 0. The summed E-state index contributed by atoms with van der Waals surface area (Å²) in [6.07, 6.45) is 1.72. The van der Waals surface area contributed by atoms with Gasteiger partial charge in [-0.3, -0.25) is 4.99 Å². The van der Waals surface area contributed by atoms with Gasteiger partial charge in [0.05, 0.1) is 23.5 Å². The Kier molecular flexibility index (Phi) is 6.19. The Labute approximate surface area is 196 Å². The molecule has 1 aliphatic heterocycles. The van der Waals surface area contributed by atoms with Gasteiger partial charge in [-0.15, -0.1) is 0 Å². The Morgan fingerprint density at radius 2 is 1.76 bits per heavy atom. The Balaban J connectivity index is 0.00000274. The van der Waals surface area contributed by atoms with E-state index in [1.165, 1.54) is 18.2 Å². The van der Waals surface area contributed by atoms with Gasteiger partial charge in [0.2, 0.25) is 5.95 Å². The maximum atomic E-state index is 14.6. The molecule has 3 aromatic carbocycles. The van der Waals surface area contributed by atoms with Crippen molar-refractivity contribution in [1.82, 2.24) is 9.97 Å². The minimum Gasteiger partial charge on any atom is -0.478 e. The van der Waals surface area contributed by atoms with Crippen LogP contribution in [0.5, 0.6) is 0 Å². The second-order valence-corrected chi connectivity index (χ2v) is 7.77. The number of halogens is 1. The molecule has 6 nitrogen and oxygen atoms in total. The number of aromatic nitrogens is 2. The SMILES string of the molecule is C.Cc1ccc2c(c1)-c1nc(Nc3ccc(C(=O)O)cc3)ncc1CN=C2c1ccccc1F. The highest BCUT2D eigenvalue weighted by Gasteiger charge is 2.22. The van der Waals surface area contributed by atoms with E-state index >= 15 is 0 Å². The zero-order valence-electron chi connectivity index (χ0n) is 17.7. The van der Waals surface area contributed by atoms with Crippen molar-refractivity contribution < 1.29 is 14.3 Å². The molecule has 0 aliphatic carbocycles. The number of carboxylic acids is 1. The van der Waals surface area contributed by atoms with Crippen molar-refractivity contribution in [1.29, 1.82) is 0 Å². The van der Waals surface area contributed by atoms with Crippen molar-refractivity contribution in [3.63, 3.8) is 0 Å². The van der Waals surface area contributed by atoms with E-state index in [0.717, 1.165) is 27.9 Å². The van der Waals surface area contributed by atoms with E-state index < -0.39 is 5.97 Å². The van der Waals surface area contributed by atoms with Crippen LogP contribution in [0.3, 0.4) is 0 Å². The third kappa shape index (κ3) is 4.28. The highest BCUT2D eigenvalue weighted by atomic mass is 19.1. The lowest BCUT2D eigenvalue weighted by Gasteiger charge is -2.13. The first-order valence-electron chi connectivity index (χ1n) is 10.4. The van der Waals surface area contributed by atoms with E-state index in [4.69, 9.17) is 15.1 Å². The van der Waals surface area contributed by atoms with E-state index in [1.807, 2.05) is 25.1 Å². The third-order valence-corrected chi connectivity index (χ3v) is 5.47. The van der Waals surface area contributed by atoms with Crippen molar-refractivity contribution in [2.75, 3.05) is 5.32 Å². The van der Waals surface area contributed by atoms with Gasteiger partial charge >= 0.3 is 5.97 Å². The molecule has 5 rings (SSSR count). The van der Waals surface area contributed by atoms with Crippen molar-refractivity contribution >= 4 is 23.3 Å². The van der Waals surface area contributed by atoms with Gasteiger partial charge < -0.3 is 10.4 Å². The zero-order valence-corrected chi connectivity index (χ0v) is 17.7. The molecule has 0 saturated carbocycles. The average Bonchev–Trinajstić information content (AvgIpc) is 2.96. The largest absolute Gasteiger partial charge is 0.478 e. The zero-order chi connectivity index (χ0) is 22.9. The third-order valence-electron chi connectivity index (χ3n) is 5.47. The second-order valence-electron chi connectivity index (χ2n) is 7.77. The van der Waals surface area contributed by atoms with E-state index in [2.05, 4.69) is 10.3 Å². The lowest BCUT2D eigenvalue weighted by molar-refractivity contribution is 0.0697. The molecule has 0 unspecified atom stereocenters. The number of aliphatic imine (C=N–C) groups is 1. The summed E-state index contributed by atoms with van der Waals surface area (Å²) in [4.78, 5) is 25.0. The van der Waals surface area contributed by atoms with Crippen LogP contribution in [-0.4, -0.2) is 26.8 Å². The van der Waals surface area contributed by atoms with Crippen LogP contribution in [0, 0.1) is 12.7 Å². The molecule has 170 valence electrons. The smallest absolute Gasteiger partial charge is 0.335 e. The van der Waals surface area contributed by atoms with Gasteiger partial charge in [0, 0.05) is 34.1 Å². The summed E-state index contributed by atoms with van der Waals surface area (Å²) in [5.41, 5.74) is 6.17. The number of anilines is 2. The van der Waals surface area contributed by atoms with Crippen LogP contribution >= 0.6 is 0 Å². The number of hydrogen-bond acceptors (Lipinski definition) is 5. The number of nitrogens with zero attached hydrogens (tertiary/aromatic N) is 3. The highest BCUT2D eigenvalue weighted by Crippen LogP contribution is 2.33. The summed E-state index contributed by atoms with van der Waals surface area (Å²) in [6, 6.07) is 18.9. The lowest BCUT2D eigenvalue weighted by Crippen LogP contribution is -2.07. The van der Waals surface area contributed by atoms with Gasteiger partial charge in [-0.25, -0.2) is 19.2 Å². The first kappa shape index (κ1) is 22.8. The summed E-state index contributed by atoms with van der Waals surface area (Å²) >= 11 is 0. The standard InChI is InChI=1S/C26H19FN4O2.CH4/c1-15-6-11-19-21(12-15)23-17(13-28-24(19)20-4-2-3-5-22(20)27)14-29-26(31-23)30-18-9-7-16(8-10-18)25(32)33;/h2-12,14H,13H2,1H3,(H,32,33)(H,29,30,31);1H4. The molecule has 0 fully saturated rings. The van der Waals surface area contributed by atoms with Gasteiger partial charge in [0.15, 0.2) is 0 Å². The Bertz CT molecular complexity index is 1410.